The Morgan fingerprint density at radius 1 is 1.31 bits per heavy atom. The van der Waals surface area contributed by atoms with Crippen molar-refractivity contribution in [2.45, 2.75) is 18.2 Å². The monoisotopic (exact) mass is 232 g/mol. The van der Waals surface area contributed by atoms with E-state index in [0.717, 1.165) is 0 Å². The number of alkyl halides is 3. The zero-order chi connectivity index (χ0) is 11.6. The van der Waals surface area contributed by atoms with E-state index in [1.165, 1.54) is 24.5 Å². The molecule has 1 saturated heterocycles. The van der Waals surface area contributed by atoms with Gasteiger partial charge in [-0.15, -0.1) is 0 Å². The van der Waals surface area contributed by atoms with Crippen LogP contribution >= 0.6 is 0 Å². The first-order valence-corrected chi connectivity index (χ1v) is 4.90. The van der Waals surface area contributed by atoms with Gasteiger partial charge in [-0.05, 0) is 18.7 Å². The van der Waals surface area contributed by atoms with Gasteiger partial charge >= 0.3 is 6.18 Å². The molecule has 0 radical (unpaired) electrons. The maximum absolute atomic E-state index is 12.9. The van der Waals surface area contributed by atoms with Gasteiger partial charge in [0, 0.05) is 25.4 Å². The van der Waals surface area contributed by atoms with Gasteiger partial charge in [0.2, 0.25) is 5.60 Å². The standard InChI is InChI=1S/C10H11F3N2O/c11-10(12,13)9(3-6-15-7-9)16-8-1-4-14-5-2-8/h1-2,4-5,15H,3,6-7H2. The summed E-state index contributed by atoms with van der Waals surface area (Å²) in [6.07, 6.45) is -1.64. The fourth-order valence-electron chi connectivity index (χ4n) is 1.69. The lowest BCUT2D eigenvalue weighted by Gasteiger charge is -2.31. The summed E-state index contributed by atoms with van der Waals surface area (Å²) >= 11 is 0. The third kappa shape index (κ3) is 1.97. The van der Waals surface area contributed by atoms with Crippen LogP contribution in [0.4, 0.5) is 13.2 Å². The van der Waals surface area contributed by atoms with Crippen LogP contribution < -0.4 is 10.1 Å². The van der Waals surface area contributed by atoms with Gasteiger partial charge in [-0.3, -0.25) is 4.98 Å². The molecular weight excluding hydrogens is 221 g/mol. The smallest absolute Gasteiger partial charge is 0.429 e. The molecule has 6 heteroatoms. The van der Waals surface area contributed by atoms with E-state index in [0.29, 0.717) is 6.54 Å². The molecule has 1 aliphatic heterocycles. The summed E-state index contributed by atoms with van der Waals surface area (Å²) in [7, 11) is 0. The fraction of sp³-hybridized carbons (Fsp3) is 0.500. The Kier molecular flexibility index (Phi) is 2.75. The van der Waals surface area contributed by atoms with Crippen LogP contribution in [0.15, 0.2) is 24.5 Å². The average molecular weight is 232 g/mol. The molecule has 2 heterocycles. The molecule has 1 aliphatic rings. The number of pyridine rings is 1. The van der Waals surface area contributed by atoms with Gasteiger partial charge in [0.05, 0.1) is 0 Å². The Bertz CT molecular complexity index is 347. The maximum atomic E-state index is 12.9. The van der Waals surface area contributed by atoms with E-state index in [4.69, 9.17) is 4.74 Å². The van der Waals surface area contributed by atoms with Crippen molar-refractivity contribution in [3.8, 4) is 5.75 Å². The summed E-state index contributed by atoms with van der Waals surface area (Å²) in [4.78, 5) is 3.73. The molecule has 16 heavy (non-hydrogen) atoms. The summed E-state index contributed by atoms with van der Waals surface area (Å²) < 4.78 is 43.9. The summed E-state index contributed by atoms with van der Waals surface area (Å²) in [6, 6.07) is 2.84. The van der Waals surface area contributed by atoms with Gasteiger partial charge < -0.3 is 10.1 Å². The van der Waals surface area contributed by atoms with Crippen molar-refractivity contribution in [2.75, 3.05) is 13.1 Å². The topological polar surface area (TPSA) is 34.1 Å². The third-order valence-corrected chi connectivity index (χ3v) is 2.60. The molecule has 0 bridgehead atoms. The lowest BCUT2D eigenvalue weighted by Crippen LogP contribution is -2.52. The van der Waals surface area contributed by atoms with E-state index in [9.17, 15) is 13.2 Å². The second kappa shape index (κ2) is 3.93. The second-order valence-corrected chi connectivity index (χ2v) is 3.70. The van der Waals surface area contributed by atoms with Crippen molar-refractivity contribution in [1.29, 1.82) is 0 Å². The predicted octanol–water partition coefficient (Wildman–Crippen LogP) is 1.75. The van der Waals surface area contributed by atoms with Gasteiger partial charge in [0.25, 0.3) is 0 Å². The Morgan fingerprint density at radius 2 is 2.00 bits per heavy atom. The first kappa shape index (κ1) is 11.2. The van der Waals surface area contributed by atoms with E-state index in [1.807, 2.05) is 0 Å². The molecule has 0 saturated carbocycles. The molecule has 0 aromatic carbocycles. The highest BCUT2D eigenvalue weighted by molar-refractivity contribution is 5.19. The summed E-state index contributed by atoms with van der Waals surface area (Å²) in [5.41, 5.74) is -2.10. The van der Waals surface area contributed by atoms with Crippen LogP contribution in [0.2, 0.25) is 0 Å². The number of hydrogen-bond donors (Lipinski definition) is 1. The molecule has 1 N–H and O–H groups in total. The number of aromatic nitrogens is 1. The highest BCUT2D eigenvalue weighted by Crippen LogP contribution is 2.38. The van der Waals surface area contributed by atoms with Crippen molar-refractivity contribution in [2.24, 2.45) is 0 Å². The van der Waals surface area contributed by atoms with Gasteiger partial charge in [-0.1, -0.05) is 0 Å². The highest BCUT2D eigenvalue weighted by atomic mass is 19.4. The third-order valence-electron chi connectivity index (χ3n) is 2.60. The van der Waals surface area contributed by atoms with Gasteiger partial charge in [-0.2, -0.15) is 13.2 Å². The van der Waals surface area contributed by atoms with Crippen molar-refractivity contribution in [3.05, 3.63) is 24.5 Å². The number of ether oxygens (including phenoxy) is 1. The molecule has 0 amide bonds. The highest BCUT2D eigenvalue weighted by Gasteiger charge is 2.58. The molecular formula is C10H11F3N2O. The van der Waals surface area contributed by atoms with Crippen LogP contribution in [-0.2, 0) is 0 Å². The van der Waals surface area contributed by atoms with Crippen molar-refractivity contribution < 1.29 is 17.9 Å². The molecule has 1 fully saturated rings. The number of rotatable bonds is 2. The van der Waals surface area contributed by atoms with Crippen LogP contribution in [0.3, 0.4) is 0 Å². The molecule has 1 unspecified atom stereocenters. The van der Waals surface area contributed by atoms with Crippen molar-refractivity contribution >= 4 is 0 Å². The van der Waals surface area contributed by atoms with Gasteiger partial charge in [0.15, 0.2) is 0 Å². The average Bonchev–Trinajstić information content (AvgIpc) is 2.68. The Balaban J connectivity index is 2.22. The number of nitrogens with one attached hydrogen (secondary N) is 1. The van der Waals surface area contributed by atoms with E-state index in [2.05, 4.69) is 10.3 Å². The van der Waals surface area contributed by atoms with Gasteiger partial charge in [0.1, 0.15) is 5.75 Å². The maximum Gasteiger partial charge on any atom is 0.429 e. The van der Waals surface area contributed by atoms with Crippen molar-refractivity contribution in [3.63, 3.8) is 0 Å². The SMILES string of the molecule is FC(F)(F)C1(Oc2ccncc2)CCNC1. The minimum absolute atomic E-state index is 0.0706. The molecule has 1 aromatic rings. The quantitative estimate of drug-likeness (QED) is 0.843. The zero-order valence-electron chi connectivity index (χ0n) is 8.42. The summed E-state index contributed by atoms with van der Waals surface area (Å²) in [5.74, 6) is 0.191. The minimum Gasteiger partial charge on any atom is -0.476 e. The fourth-order valence-corrected chi connectivity index (χ4v) is 1.69. The van der Waals surface area contributed by atoms with Crippen LogP contribution in [0.1, 0.15) is 6.42 Å². The Morgan fingerprint density at radius 3 is 2.50 bits per heavy atom. The van der Waals surface area contributed by atoms with E-state index >= 15 is 0 Å². The normalized spacial score (nSPS) is 25.7. The van der Waals surface area contributed by atoms with E-state index in [-0.39, 0.29) is 18.7 Å². The van der Waals surface area contributed by atoms with E-state index < -0.39 is 11.8 Å². The first-order chi connectivity index (χ1) is 7.54. The molecule has 0 aliphatic carbocycles. The lowest BCUT2D eigenvalue weighted by atomic mass is 10.0. The Hall–Kier alpha value is -1.30. The predicted molar refractivity (Wildman–Crippen MR) is 51.1 cm³/mol. The van der Waals surface area contributed by atoms with E-state index in [1.54, 1.807) is 0 Å². The molecule has 3 nitrogen and oxygen atoms in total. The van der Waals surface area contributed by atoms with Crippen LogP contribution in [-0.4, -0.2) is 29.9 Å². The molecule has 1 atom stereocenters. The first-order valence-electron chi connectivity index (χ1n) is 4.90. The molecule has 88 valence electrons. The van der Waals surface area contributed by atoms with Crippen LogP contribution in [0.5, 0.6) is 5.75 Å². The number of hydrogen-bond acceptors (Lipinski definition) is 3. The zero-order valence-corrected chi connectivity index (χ0v) is 8.42. The molecule has 0 spiro atoms. The van der Waals surface area contributed by atoms with Crippen molar-refractivity contribution in [1.82, 2.24) is 10.3 Å². The van der Waals surface area contributed by atoms with Gasteiger partial charge in [-0.25, -0.2) is 0 Å². The second-order valence-electron chi connectivity index (χ2n) is 3.70. The number of nitrogens with zero attached hydrogens (tertiary/aromatic N) is 1. The largest absolute Gasteiger partial charge is 0.476 e. The number of halogens is 3. The summed E-state index contributed by atoms with van der Waals surface area (Å²) in [6.45, 7) is 0.101. The molecule has 1 aromatic heterocycles. The lowest BCUT2D eigenvalue weighted by molar-refractivity contribution is -0.240. The molecule has 2 rings (SSSR count). The Labute approximate surface area is 90.6 Å². The van der Waals surface area contributed by atoms with Crippen LogP contribution in [0, 0.1) is 0 Å². The summed E-state index contributed by atoms with van der Waals surface area (Å²) in [5, 5.41) is 2.68. The van der Waals surface area contributed by atoms with Crippen LogP contribution in [0.25, 0.3) is 0 Å². The minimum atomic E-state index is -4.38.